The summed E-state index contributed by atoms with van der Waals surface area (Å²) in [6, 6.07) is 2.62. The van der Waals surface area contributed by atoms with E-state index in [1.807, 2.05) is 0 Å². The lowest BCUT2D eigenvalue weighted by molar-refractivity contribution is 0.314. The molecule has 1 rings (SSSR count). The maximum atomic E-state index is 13.3. The number of rotatable bonds is 3. The molecule has 0 spiro atoms. The first-order chi connectivity index (χ1) is 7.06. The van der Waals surface area contributed by atoms with Crippen molar-refractivity contribution in [3.05, 3.63) is 23.8 Å². The average molecular weight is 232 g/mol. The fourth-order valence-corrected chi connectivity index (χ4v) is 1.14. The van der Waals surface area contributed by atoms with Crippen LogP contribution in [0.25, 0.3) is 0 Å². The van der Waals surface area contributed by atoms with E-state index in [0.29, 0.717) is 0 Å². The quantitative estimate of drug-likeness (QED) is 0.783. The summed E-state index contributed by atoms with van der Waals surface area (Å²) in [6.45, 7) is 1.94. The van der Waals surface area contributed by atoms with Gasteiger partial charge in [0, 0.05) is 0 Å². The van der Waals surface area contributed by atoms with Gasteiger partial charge in [-0.3, -0.25) is 0 Å². The van der Waals surface area contributed by atoms with Crippen molar-refractivity contribution in [2.45, 2.75) is 6.92 Å². The molecule has 0 saturated carbocycles. The molecule has 0 aliphatic carbocycles. The summed E-state index contributed by atoms with van der Waals surface area (Å²) in [4.78, 5) is 0. The fourth-order valence-electron chi connectivity index (χ4n) is 1.03. The molecule has 82 valence electrons. The maximum absolute atomic E-state index is 13.3. The third-order valence-electron chi connectivity index (χ3n) is 1.60. The number of ether oxygens (including phenoxy) is 1. The SMILES string of the molecule is CCOc1ccc(NC(N)=S)c(F)c1F. The number of hydrogen-bond donors (Lipinski definition) is 2. The molecule has 0 aromatic heterocycles. The molecule has 1 aromatic rings. The van der Waals surface area contributed by atoms with Crippen LogP contribution in [-0.2, 0) is 0 Å². The molecule has 3 nitrogen and oxygen atoms in total. The van der Waals surface area contributed by atoms with E-state index in [9.17, 15) is 8.78 Å². The molecule has 1 aromatic carbocycles. The second-order valence-electron chi connectivity index (χ2n) is 2.66. The predicted molar refractivity (Wildman–Crippen MR) is 57.9 cm³/mol. The molecule has 0 heterocycles. The number of thiocarbonyl (C=S) groups is 1. The van der Waals surface area contributed by atoms with E-state index < -0.39 is 11.6 Å². The van der Waals surface area contributed by atoms with Gasteiger partial charge in [-0.25, -0.2) is 4.39 Å². The van der Waals surface area contributed by atoms with Crippen molar-refractivity contribution in [1.82, 2.24) is 0 Å². The normalized spacial score (nSPS) is 9.80. The summed E-state index contributed by atoms with van der Waals surface area (Å²) < 4.78 is 31.5. The molecular formula is C9H10F2N2OS. The van der Waals surface area contributed by atoms with E-state index in [2.05, 4.69) is 17.5 Å². The first-order valence-electron chi connectivity index (χ1n) is 4.23. The van der Waals surface area contributed by atoms with E-state index in [0.717, 1.165) is 0 Å². The van der Waals surface area contributed by atoms with Gasteiger partial charge in [0.15, 0.2) is 16.7 Å². The van der Waals surface area contributed by atoms with Gasteiger partial charge >= 0.3 is 0 Å². The highest BCUT2D eigenvalue weighted by atomic mass is 32.1. The smallest absolute Gasteiger partial charge is 0.202 e. The van der Waals surface area contributed by atoms with E-state index >= 15 is 0 Å². The molecule has 15 heavy (non-hydrogen) atoms. The number of nitrogens with two attached hydrogens (primary N) is 1. The van der Waals surface area contributed by atoms with Crippen LogP contribution in [0.4, 0.5) is 14.5 Å². The highest BCUT2D eigenvalue weighted by Crippen LogP contribution is 2.25. The van der Waals surface area contributed by atoms with Crippen molar-refractivity contribution in [3.63, 3.8) is 0 Å². The Hall–Kier alpha value is -1.43. The minimum atomic E-state index is -1.06. The minimum Gasteiger partial charge on any atom is -0.491 e. The molecule has 6 heteroatoms. The monoisotopic (exact) mass is 232 g/mol. The van der Waals surface area contributed by atoms with E-state index in [-0.39, 0.29) is 23.2 Å². The lowest BCUT2D eigenvalue weighted by Gasteiger charge is -2.09. The Morgan fingerprint density at radius 2 is 2.13 bits per heavy atom. The Balaban J connectivity index is 3.03. The molecule has 0 atom stereocenters. The second-order valence-corrected chi connectivity index (χ2v) is 3.10. The van der Waals surface area contributed by atoms with Crippen LogP contribution < -0.4 is 15.8 Å². The zero-order valence-electron chi connectivity index (χ0n) is 8.01. The Morgan fingerprint density at radius 1 is 1.47 bits per heavy atom. The molecule has 0 radical (unpaired) electrons. The summed E-state index contributed by atoms with van der Waals surface area (Å²) >= 11 is 4.51. The van der Waals surface area contributed by atoms with Crippen LogP contribution in [0, 0.1) is 11.6 Å². The lowest BCUT2D eigenvalue weighted by Crippen LogP contribution is -2.20. The molecule has 0 aliphatic rings. The highest BCUT2D eigenvalue weighted by Gasteiger charge is 2.14. The van der Waals surface area contributed by atoms with Gasteiger partial charge in [-0.15, -0.1) is 0 Å². The third-order valence-corrected chi connectivity index (χ3v) is 1.71. The van der Waals surface area contributed by atoms with Crippen molar-refractivity contribution < 1.29 is 13.5 Å². The van der Waals surface area contributed by atoms with Gasteiger partial charge in [0.1, 0.15) is 0 Å². The van der Waals surface area contributed by atoms with Crippen LogP contribution in [-0.4, -0.2) is 11.7 Å². The molecule has 0 amide bonds. The van der Waals surface area contributed by atoms with Crippen LogP contribution in [0.15, 0.2) is 12.1 Å². The van der Waals surface area contributed by atoms with Crippen LogP contribution in [0.1, 0.15) is 6.92 Å². The third kappa shape index (κ3) is 2.76. The van der Waals surface area contributed by atoms with Gasteiger partial charge in [0.2, 0.25) is 5.82 Å². The molecule has 0 bridgehead atoms. The summed E-state index contributed by atoms with van der Waals surface area (Å²) in [7, 11) is 0. The van der Waals surface area contributed by atoms with Gasteiger partial charge in [-0.2, -0.15) is 4.39 Å². The van der Waals surface area contributed by atoms with Gasteiger partial charge in [-0.05, 0) is 31.3 Å². The van der Waals surface area contributed by atoms with Crippen molar-refractivity contribution in [3.8, 4) is 5.75 Å². The van der Waals surface area contributed by atoms with Crippen molar-refractivity contribution in [1.29, 1.82) is 0 Å². The first-order valence-corrected chi connectivity index (χ1v) is 4.64. The molecule has 0 aliphatic heterocycles. The van der Waals surface area contributed by atoms with E-state index in [1.165, 1.54) is 12.1 Å². The number of nitrogens with one attached hydrogen (secondary N) is 1. The molecule has 3 N–H and O–H groups in total. The van der Waals surface area contributed by atoms with Crippen molar-refractivity contribution in [2.75, 3.05) is 11.9 Å². The van der Waals surface area contributed by atoms with Gasteiger partial charge in [-0.1, -0.05) is 0 Å². The lowest BCUT2D eigenvalue weighted by atomic mass is 10.2. The molecular weight excluding hydrogens is 222 g/mol. The van der Waals surface area contributed by atoms with Crippen molar-refractivity contribution >= 4 is 23.0 Å². The van der Waals surface area contributed by atoms with Gasteiger partial charge < -0.3 is 15.8 Å². The van der Waals surface area contributed by atoms with Gasteiger partial charge in [0.25, 0.3) is 0 Å². The Morgan fingerprint density at radius 3 is 2.67 bits per heavy atom. The minimum absolute atomic E-state index is 0.108. The highest BCUT2D eigenvalue weighted by molar-refractivity contribution is 7.80. The predicted octanol–water partition coefficient (Wildman–Crippen LogP) is 2.02. The van der Waals surface area contributed by atoms with Crippen molar-refractivity contribution in [2.24, 2.45) is 5.73 Å². The molecule has 0 unspecified atom stereocenters. The largest absolute Gasteiger partial charge is 0.491 e. The number of anilines is 1. The summed E-state index contributed by atoms with van der Waals surface area (Å²) in [5.74, 6) is -2.25. The van der Waals surface area contributed by atoms with Crippen LogP contribution in [0.2, 0.25) is 0 Å². The zero-order chi connectivity index (χ0) is 11.4. The van der Waals surface area contributed by atoms with Crippen LogP contribution in [0.3, 0.4) is 0 Å². The fraction of sp³-hybridized carbons (Fsp3) is 0.222. The van der Waals surface area contributed by atoms with Gasteiger partial charge in [0.05, 0.1) is 12.3 Å². The summed E-state index contributed by atoms with van der Waals surface area (Å²) in [6.07, 6.45) is 0. The standard InChI is InChI=1S/C9H10F2N2OS/c1-2-14-6-4-3-5(13-9(12)15)7(10)8(6)11/h3-4H,2H2,1H3,(H3,12,13,15). The maximum Gasteiger partial charge on any atom is 0.202 e. The topological polar surface area (TPSA) is 47.3 Å². The number of halogens is 2. The van der Waals surface area contributed by atoms with E-state index in [4.69, 9.17) is 10.5 Å². The second kappa shape index (κ2) is 4.88. The summed E-state index contributed by atoms with van der Waals surface area (Å²) in [5, 5.41) is 2.19. The Bertz CT molecular complexity index is 385. The Kier molecular flexibility index (Phi) is 3.79. The Labute approximate surface area is 91.2 Å². The number of benzene rings is 1. The molecule has 0 fully saturated rings. The average Bonchev–Trinajstić information content (AvgIpc) is 2.17. The van der Waals surface area contributed by atoms with Crippen LogP contribution >= 0.6 is 12.2 Å². The number of hydrogen-bond acceptors (Lipinski definition) is 2. The summed E-state index contributed by atoms with van der Waals surface area (Å²) in [5.41, 5.74) is 5.03. The first kappa shape index (κ1) is 11.6. The molecule has 0 saturated heterocycles. The zero-order valence-corrected chi connectivity index (χ0v) is 8.83. The van der Waals surface area contributed by atoms with E-state index in [1.54, 1.807) is 6.92 Å². The van der Waals surface area contributed by atoms with Crippen LogP contribution in [0.5, 0.6) is 5.75 Å².